The first-order valence-electron chi connectivity index (χ1n) is 6.58. The maximum atomic E-state index is 5.93. The first-order valence-corrected chi connectivity index (χ1v) is 6.58. The fraction of sp³-hybridized carbons (Fsp3) is 0.769. The van der Waals surface area contributed by atoms with Gasteiger partial charge >= 0.3 is 0 Å². The van der Waals surface area contributed by atoms with E-state index in [2.05, 4.69) is 12.2 Å². The lowest BCUT2D eigenvalue weighted by Crippen LogP contribution is -2.40. The number of nitrogens with zero attached hydrogens (tertiary/aromatic N) is 1. The van der Waals surface area contributed by atoms with Gasteiger partial charge in [0.15, 0.2) is 5.89 Å². The van der Waals surface area contributed by atoms with E-state index in [1.54, 1.807) is 0 Å². The molecular weight excluding hydrogens is 200 g/mol. The van der Waals surface area contributed by atoms with Crippen LogP contribution in [-0.2, 0) is 6.42 Å². The largest absolute Gasteiger partial charge is 0.445 e. The van der Waals surface area contributed by atoms with Gasteiger partial charge in [0.2, 0.25) is 0 Å². The van der Waals surface area contributed by atoms with E-state index in [-0.39, 0.29) is 0 Å². The number of aryl methyl sites for hydroxylation is 1. The molecule has 0 aromatic carbocycles. The summed E-state index contributed by atoms with van der Waals surface area (Å²) in [4.78, 5) is 4.78. The van der Waals surface area contributed by atoms with Crippen molar-refractivity contribution in [2.24, 2.45) is 0 Å². The number of oxazole rings is 1. The van der Waals surface area contributed by atoms with Gasteiger partial charge in [-0.2, -0.15) is 0 Å². The summed E-state index contributed by atoms with van der Waals surface area (Å²) in [6.07, 6.45) is 6.32. The van der Waals surface area contributed by atoms with Crippen LogP contribution >= 0.6 is 0 Å². The Morgan fingerprint density at radius 1 is 1.25 bits per heavy atom. The highest BCUT2D eigenvalue weighted by atomic mass is 16.4. The van der Waals surface area contributed by atoms with Crippen LogP contribution in [0.3, 0.4) is 0 Å². The average molecular weight is 220 g/mol. The molecule has 3 heteroatoms. The summed E-state index contributed by atoms with van der Waals surface area (Å²) >= 11 is 0. The highest BCUT2D eigenvalue weighted by Crippen LogP contribution is 2.37. The Balaban J connectivity index is 1.86. The average Bonchev–Trinajstić information content (AvgIpc) is 2.80. The molecule has 0 atom stereocenters. The van der Waals surface area contributed by atoms with E-state index in [9.17, 15) is 0 Å². The Labute approximate surface area is 96.6 Å². The lowest BCUT2D eigenvalue weighted by atomic mass is 10.0. The third kappa shape index (κ3) is 1.67. The van der Waals surface area contributed by atoms with E-state index < -0.39 is 0 Å². The Bertz CT molecular complexity index is 362. The second-order valence-electron chi connectivity index (χ2n) is 5.05. The summed E-state index contributed by atoms with van der Waals surface area (Å²) in [7, 11) is 0. The minimum atomic E-state index is 0.528. The third-order valence-corrected chi connectivity index (χ3v) is 3.94. The van der Waals surface area contributed by atoms with Crippen molar-refractivity contribution in [1.29, 1.82) is 0 Å². The molecule has 0 unspecified atom stereocenters. The van der Waals surface area contributed by atoms with E-state index in [0.29, 0.717) is 11.8 Å². The van der Waals surface area contributed by atoms with Crippen molar-refractivity contribution >= 4 is 0 Å². The van der Waals surface area contributed by atoms with Crippen LogP contribution in [0.15, 0.2) is 4.42 Å². The normalized spacial score (nSPS) is 22.6. The molecular formula is C13H20N2O. The minimum Gasteiger partial charge on any atom is -0.445 e. The minimum absolute atomic E-state index is 0.528. The molecule has 1 aliphatic heterocycles. The SMILES string of the molecule is CCc1oc(C2CNC2)nc1C1CCCC1. The summed E-state index contributed by atoms with van der Waals surface area (Å²) in [6, 6.07) is 0. The van der Waals surface area contributed by atoms with Crippen LogP contribution in [0.5, 0.6) is 0 Å². The zero-order chi connectivity index (χ0) is 11.0. The molecule has 1 saturated carbocycles. The van der Waals surface area contributed by atoms with Crippen molar-refractivity contribution in [2.75, 3.05) is 13.1 Å². The number of aromatic nitrogens is 1. The molecule has 3 nitrogen and oxygen atoms in total. The molecule has 0 amide bonds. The summed E-state index contributed by atoms with van der Waals surface area (Å²) in [5.41, 5.74) is 1.28. The van der Waals surface area contributed by atoms with Crippen LogP contribution < -0.4 is 5.32 Å². The molecule has 1 saturated heterocycles. The molecule has 1 aromatic heterocycles. The van der Waals surface area contributed by atoms with Crippen LogP contribution in [0.1, 0.15) is 61.8 Å². The molecule has 1 aromatic rings. The van der Waals surface area contributed by atoms with Crippen molar-refractivity contribution in [3.63, 3.8) is 0 Å². The van der Waals surface area contributed by atoms with Gasteiger partial charge in [0.05, 0.1) is 11.6 Å². The Morgan fingerprint density at radius 2 is 2.00 bits per heavy atom. The summed E-state index contributed by atoms with van der Waals surface area (Å²) in [6.45, 7) is 4.24. The molecule has 0 radical (unpaired) electrons. The molecule has 2 heterocycles. The van der Waals surface area contributed by atoms with E-state index in [0.717, 1.165) is 31.2 Å². The highest BCUT2D eigenvalue weighted by Gasteiger charge is 2.29. The standard InChI is InChI=1S/C13H20N2O/c1-2-11-12(9-5-3-4-6-9)15-13(16-11)10-7-14-8-10/h9-10,14H,2-8H2,1H3. The van der Waals surface area contributed by atoms with E-state index in [1.807, 2.05) is 0 Å². The van der Waals surface area contributed by atoms with E-state index >= 15 is 0 Å². The number of rotatable bonds is 3. The van der Waals surface area contributed by atoms with Gasteiger partial charge in [0.1, 0.15) is 5.76 Å². The molecule has 0 bridgehead atoms. The van der Waals surface area contributed by atoms with Crippen LogP contribution in [0.25, 0.3) is 0 Å². The molecule has 1 aliphatic carbocycles. The topological polar surface area (TPSA) is 38.1 Å². The predicted octanol–water partition coefficient (Wildman–Crippen LogP) is 2.58. The van der Waals surface area contributed by atoms with Gasteiger partial charge in [-0.15, -0.1) is 0 Å². The van der Waals surface area contributed by atoms with Gasteiger partial charge in [-0.05, 0) is 12.8 Å². The van der Waals surface area contributed by atoms with Crippen LogP contribution in [0.4, 0.5) is 0 Å². The van der Waals surface area contributed by atoms with Crippen molar-refractivity contribution in [3.05, 3.63) is 17.3 Å². The molecule has 2 fully saturated rings. The zero-order valence-corrected chi connectivity index (χ0v) is 9.96. The van der Waals surface area contributed by atoms with Crippen LogP contribution in [0, 0.1) is 0 Å². The fourth-order valence-electron chi connectivity index (χ4n) is 2.79. The lowest BCUT2D eigenvalue weighted by molar-refractivity contribution is 0.346. The number of hydrogen-bond donors (Lipinski definition) is 1. The zero-order valence-electron chi connectivity index (χ0n) is 9.96. The summed E-state index contributed by atoms with van der Waals surface area (Å²) < 4.78 is 5.93. The first kappa shape index (κ1) is 10.3. The Kier molecular flexibility index (Phi) is 2.72. The third-order valence-electron chi connectivity index (χ3n) is 3.94. The van der Waals surface area contributed by atoms with Crippen molar-refractivity contribution in [3.8, 4) is 0 Å². The monoisotopic (exact) mass is 220 g/mol. The Morgan fingerprint density at radius 3 is 2.56 bits per heavy atom. The van der Waals surface area contributed by atoms with Crippen molar-refractivity contribution in [1.82, 2.24) is 10.3 Å². The van der Waals surface area contributed by atoms with Gasteiger partial charge in [-0.3, -0.25) is 0 Å². The van der Waals surface area contributed by atoms with Gasteiger partial charge in [-0.25, -0.2) is 4.98 Å². The summed E-state index contributed by atoms with van der Waals surface area (Å²) in [5, 5.41) is 3.28. The fourth-order valence-corrected chi connectivity index (χ4v) is 2.79. The quantitative estimate of drug-likeness (QED) is 0.850. The van der Waals surface area contributed by atoms with Gasteiger partial charge < -0.3 is 9.73 Å². The summed E-state index contributed by atoms with van der Waals surface area (Å²) in [5.74, 6) is 3.34. The number of nitrogens with one attached hydrogen (secondary N) is 1. The van der Waals surface area contributed by atoms with Crippen LogP contribution in [-0.4, -0.2) is 18.1 Å². The predicted molar refractivity (Wildman–Crippen MR) is 62.7 cm³/mol. The van der Waals surface area contributed by atoms with Gasteiger partial charge in [0.25, 0.3) is 0 Å². The van der Waals surface area contributed by atoms with Crippen molar-refractivity contribution in [2.45, 2.75) is 50.9 Å². The highest BCUT2D eigenvalue weighted by molar-refractivity contribution is 5.19. The second kappa shape index (κ2) is 4.21. The molecule has 16 heavy (non-hydrogen) atoms. The Hall–Kier alpha value is -0.830. The second-order valence-corrected chi connectivity index (χ2v) is 5.05. The first-order chi connectivity index (χ1) is 7.88. The lowest BCUT2D eigenvalue weighted by Gasteiger charge is -2.23. The molecule has 2 aliphatic rings. The molecule has 0 spiro atoms. The molecule has 88 valence electrons. The maximum absolute atomic E-state index is 5.93. The van der Waals surface area contributed by atoms with E-state index in [4.69, 9.17) is 9.40 Å². The smallest absolute Gasteiger partial charge is 0.200 e. The number of hydrogen-bond acceptors (Lipinski definition) is 3. The van der Waals surface area contributed by atoms with Crippen LogP contribution in [0.2, 0.25) is 0 Å². The van der Waals surface area contributed by atoms with Gasteiger partial charge in [0, 0.05) is 25.4 Å². The molecule has 1 N–H and O–H groups in total. The molecule has 3 rings (SSSR count). The van der Waals surface area contributed by atoms with Gasteiger partial charge in [-0.1, -0.05) is 19.8 Å². The van der Waals surface area contributed by atoms with E-state index in [1.165, 1.54) is 31.4 Å². The van der Waals surface area contributed by atoms with Crippen molar-refractivity contribution < 1.29 is 4.42 Å². The maximum Gasteiger partial charge on any atom is 0.200 e.